The van der Waals surface area contributed by atoms with Gasteiger partial charge in [0.15, 0.2) is 17.6 Å². The first-order valence-electron chi connectivity index (χ1n) is 6.78. The zero-order valence-corrected chi connectivity index (χ0v) is 11.7. The number of amides is 1. The maximum Gasteiger partial charge on any atom is 0.247 e. The van der Waals surface area contributed by atoms with Crippen LogP contribution in [0.1, 0.15) is 11.7 Å². The molecule has 0 saturated heterocycles. The summed E-state index contributed by atoms with van der Waals surface area (Å²) in [5, 5.41) is 2.51. The van der Waals surface area contributed by atoms with E-state index < -0.39 is 17.8 Å². The van der Waals surface area contributed by atoms with Gasteiger partial charge in [-0.15, -0.1) is 0 Å². The van der Waals surface area contributed by atoms with Gasteiger partial charge in [-0.1, -0.05) is 24.8 Å². The fourth-order valence-corrected chi connectivity index (χ4v) is 2.23. The molecule has 2 aromatic rings. The highest BCUT2D eigenvalue weighted by Gasteiger charge is 2.24. The summed E-state index contributed by atoms with van der Waals surface area (Å²) < 4.78 is 25.6. The van der Waals surface area contributed by atoms with Crippen LogP contribution in [0.15, 0.2) is 55.1 Å². The van der Waals surface area contributed by atoms with Crippen LogP contribution in [-0.4, -0.2) is 12.5 Å². The van der Waals surface area contributed by atoms with Crippen molar-refractivity contribution in [3.8, 4) is 11.5 Å². The van der Waals surface area contributed by atoms with Gasteiger partial charge in [-0.2, -0.15) is 0 Å². The maximum absolute atomic E-state index is 14.3. The largest absolute Gasteiger partial charge is 0.485 e. The third-order valence-electron chi connectivity index (χ3n) is 3.31. The Kier molecular flexibility index (Phi) is 3.78. The summed E-state index contributed by atoms with van der Waals surface area (Å²) >= 11 is 0. The number of rotatable bonds is 3. The van der Waals surface area contributed by atoms with E-state index in [0.29, 0.717) is 22.7 Å². The number of hydrogen-bond acceptors (Lipinski definition) is 3. The van der Waals surface area contributed by atoms with E-state index in [0.717, 1.165) is 6.08 Å². The summed E-state index contributed by atoms with van der Waals surface area (Å²) in [6.45, 7) is 3.58. The van der Waals surface area contributed by atoms with Crippen molar-refractivity contribution in [1.82, 2.24) is 0 Å². The van der Waals surface area contributed by atoms with Crippen molar-refractivity contribution in [3.05, 3.63) is 66.5 Å². The van der Waals surface area contributed by atoms with Gasteiger partial charge >= 0.3 is 0 Å². The smallest absolute Gasteiger partial charge is 0.247 e. The summed E-state index contributed by atoms with van der Waals surface area (Å²) in [5.41, 5.74) is 0.745. The minimum absolute atomic E-state index is 0.228. The topological polar surface area (TPSA) is 47.6 Å². The molecule has 0 fully saturated rings. The average molecular weight is 299 g/mol. The molecule has 1 heterocycles. The number of ether oxygens (including phenoxy) is 2. The molecule has 0 spiro atoms. The van der Waals surface area contributed by atoms with E-state index in [2.05, 4.69) is 11.9 Å². The Labute approximate surface area is 127 Å². The number of carbonyl (C=O) groups excluding carboxylic acids is 1. The Morgan fingerprint density at radius 3 is 2.77 bits per heavy atom. The highest BCUT2D eigenvalue weighted by atomic mass is 19.1. The van der Waals surface area contributed by atoms with Crippen LogP contribution < -0.4 is 14.8 Å². The lowest BCUT2D eigenvalue weighted by atomic mass is 10.1. The van der Waals surface area contributed by atoms with Crippen molar-refractivity contribution < 1.29 is 18.7 Å². The molecule has 1 aliphatic heterocycles. The molecule has 1 unspecified atom stereocenters. The lowest BCUT2D eigenvalue weighted by molar-refractivity contribution is -0.111. The molecule has 3 rings (SSSR count). The SMILES string of the molecule is C=CC(=O)Nc1ccc(C2COc3ccccc3O2)c(F)c1. The van der Waals surface area contributed by atoms with Gasteiger partial charge in [-0.3, -0.25) is 4.79 Å². The number of halogens is 1. The van der Waals surface area contributed by atoms with Gasteiger partial charge in [-0.05, 0) is 30.3 Å². The number of carbonyl (C=O) groups is 1. The van der Waals surface area contributed by atoms with Crippen molar-refractivity contribution in [1.29, 1.82) is 0 Å². The predicted molar refractivity (Wildman–Crippen MR) is 80.5 cm³/mol. The first-order valence-corrected chi connectivity index (χ1v) is 6.78. The Morgan fingerprint density at radius 2 is 2.05 bits per heavy atom. The van der Waals surface area contributed by atoms with Crippen molar-refractivity contribution in [2.45, 2.75) is 6.10 Å². The molecule has 0 aromatic heterocycles. The van der Waals surface area contributed by atoms with Gasteiger partial charge in [0.1, 0.15) is 12.4 Å². The van der Waals surface area contributed by atoms with Gasteiger partial charge < -0.3 is 14.8 Å². The van der Waals surface area contributed by atoms with Gasteiger partial charge in [0.2, 0.25) is 5.91 Å². The van der Waals surface area contributed by atoms with Crippen LogP contribution in [0.5, 0.6) is 11.5 Å². The Hall–Kier alpha value is -2.82. The van der Waals surface area contributed by atoms with Gasteiger partial charge in [0, 0.05) is 11.3 Å². The molecule has 0 saturated carbocycles. The molecule has 1 N–H and O–H groups in total. The van der Waals surface area contributed by atoms with Gasteiger partial charge in [0.05, 0.1) is 0 Å². The zero-order valence-electron chi connectivity index (χ0n) is 11.7. The third-order valence-corrected chi connectivity index (χ3v) is 3.31. The summed E-state index contributed by atoms with van der Waals surface area (Å²) in [6, 6.07) is 11.7. The standard InChI is InChI=1S/C17H14FNO3/c1-2-17(20)19-11-7-8-12(13(18)9-11)16-10-21-14-5-3-4-6-15(14)22-16/h2-9,16H,1,10H2,(H,19,20). The molecule has 22 heavy (non-hydrogen) atoms. The van der Waals surface area contributed by atoms with Crippen LogP contribution in [0.2, 0.25) is 0 Å². The highest BCUT2D eigenvalue weighted by molar-refractivity contribution is 5.98. The molecule has 0 bridgehead atoms. The van der Waals surface area contributed by atoms with Crippen LogP contribution in [-0.2, 0) is 4.79 Å². The van der Waals surface area contributed by atoms with Crippen LogP contribution in [0.4, 0.5) is 10.1 Å². The molecular weight excluding hydrogens is 285 g/mol. The highest BCUT2D eigenvalue weighted by Crippen LogP contribution is 2.36. The van der Waals surface area contributed by atoms with Crippen molar-refractivity contribution in [2.75, 3.05) is 11.9 Å². The average Bonchev–Trinajstić information content (AvgIpc) is 2.54. The number of para-hydroxylation sites is 2. The molecule has 2 aromatic carbocycles. The van der Waals surface area contributed by atoms with E-state index in [1.807, 2.05) is 12.1 Å². The van der Waals surface area contributed by atoms with Crippen LogP contribution >= 0.6 is 0 Å². The Bertz CT molecular complexity index is 730. The molecular formula is C17H14FNO3. The van der Waals surface area contributed by atoms with Crippen LogP contribution in [0.3, 0.4) is 0 Å². The monoisotopic (exact) mass is 299 g/mol. The number of anilines is 1. The van der Waals surface area contributed by atoms with E-state index in [4.69, 9.17) is 9.47 Å². The lowest BCUT2D eigenvalue weighted by Crippen LogP contribution is -2.22. The van der Waals surface area contributed by atoms with Crippen molar-refractivity contribution >= 4 is 11.6 Å². The van der Waals surface area contributed by atoms with E-state index in [9.17, 15) is 9.18 Å². The molecule has 0 radical (unpaired) electrons. The first kappa shape index (κ1) is 14.1. The summed E-state index contributed by atoms with van der Waals surface area (Å²) in [7, 11) is 0. The Morgan fingerprint density at radius 1 is 1.27 bits per heavy atom. The molecule has 1 amide bonds. The quantitative estimate of drug-likeness (QED) is 0.883. The molecule has 0 aliphatic carbocycles. The van der Waals surface area contributed by atoms with E-state index >= 15 is 0 Å². The zero-order chi connectivity index (χ0) is 15.5. The molecule has 1 atom stereocenters. The van der Waals surface area contributed by atoms with Crippen LogP contribution in [0, 0.1) is 5.82 Å². The summed E-state index contributed by atoms with van der Waals surface area (Å²) in [6.07, 6.45) is 0.597. The molecule has 1 aliphatic rings. The van der Waals surface area contributed by atoms with E-state index in [-0.39, 0.29) is 6.61 Å². The minimum Gasteiger partial charge on any atom is -0.485 e. The van der Waals surface area contributed by atoms with Gasteiger partial charge in [-0.25, -0.2) is 4.39 Å². The summed E-state index contributed by atoms with van der Waals surface area (Å²) in [5.74, 6) is 0.379. The number of nitrogens with one attached hydrogen (secondary N) is 1. The normalized spacial score (nSPS) is 16.0. The van der Waals surface area contributed by atoms with Gasteiger partial charge in [0.25, 0.3) is 0 Å². The Balaban J connectivity index is 1.81. The fraction of sp³-hybridized carbons (Fsp3) is 0.118. The summed E-state index contributed by atoms with van der Waals surface area (Å²) in [4.78, 5) is 11.2. The van der Waals surface area contributed by atoms with Crippen molar-refractivity contribution in [3.63, 3.8) is 0 Å². The van der Waals surface area contributed by atoms with E-state index in [1.54, 1.807) is 24.3 Å². The number of fused-ring (bicyclic) bond motifs is 1. The maximum atomic E-state index is 14.3. The second kappa shape index (κ2) is 5.89. The number of hydrogen-bond donors (Lipinski definition) is 1. The van der Waals surface area contributed by atoms with Crippen molar-refractivity contribution in [2.24, 2.45) is 0 Å². The lowest BCUT2D eigenvalue weighted by Gasteiger charge is -2.27. The molecule has 4 nitrogen and oxygen atoms in total. The number of benzene rings is 2. The molecule has 5 heteroatoms. The second-order valence-corrected chi connectivity index (χ2v) is 4.79. The molecule has 112 valence electrons. The third kappa shape index (κ3) is 2.79. The fourth-order valence-electron chi connectivity index (χ4n) is 2.23. The first-order chi connectivity index (χ1) is 10.7. The second-order valence-electron chi connectivity index (χ2n) is 4.79. The predicted octanol–water partition coefficient (Wildman–Crippen LogP) is 3.46. The minimum atomic E-state index is -0.529. The van der Waals surface area contributed by atoms with E-state index in [1.165, 1.54) is 6.07 Å². The van der Waals surface area contributed by atoms with Crippen LogP contribution in [0.25, 0.3) is 0 Å².